The first kappa shape index (κ1) is 17.6. The summed E-state index contributed by atoms with van der Waals surface area (Å²) in [5, 5.41) is 6.01. The molecule has 5 heteroatoms. The lowest BCUT2D eigenvalue weighted by Gasteiger charge is -2.36. The zero-order valence-electron chi connectivity index (χ0n) is 15.1. The average molecular weight is 335 g/mol. The van der Waals surface area contributed by atoms with Crippen LogP contribution in [0.3, 0.4) is 0 Å². The van der Waals surface area contributed by atoms with E-state index in [4.69, 9.17) is 0 Å². The number of carbonyl (C=O) groups excluding carboxylic acids is 2. The third kappa shape index (κ3) is 4.04. The van der Waals surface area contributed by atoms with Crippen LogP contribution < -0.4 is 10.6 Å². The van der Waals surface area contributed by atoms with Crippen LogP contribution in [-0.4, -0.2) is 42.5 Å². The van der Waals surface area contributed by atoms with Crippen LogP contribution in [0.15, 0.2) is 0 Å². The van der Waals surface area contributed by atoms with Crippen molar-refractivity contribution in [1.29, 1.82) is 0 Å². The van der Waals surface area contributed by atoms with Gasteiger partial charge in [-0.1, -0.05) is 19.3 Å². The van der Waals surface area contributed by atoms with Crippen molar-refractivity contribution in [3.05, 3.63) is 0 Å². The Morgan fingerprint density at radius 3 is 2.25 bits per heavy atom. The van der Waals surface area contributed by atoms with E-state index >= 15 is 0 Å². The molecule has 5 nitrogen and oxygen atoms in total. The molecule has 0 bridgehead atoms. The molecule has 2 saturated carbocycles. The lowest BCUT2D eigenvalue weighted by atomic mass is 9.83. The van der Waals surface area contributed by atoms with E-state index in [-0.39, 0.29) is 23.9 Å². The SMILES string of the molecule is CNC(=O)C1CCC(NC(=O)N2CCCC2C2CCCCC2)CC1. The molecule has 3 aliphatic rings. The second-order valence-corrected chi connectivity index (χ2v) is 7.91. The zero-order chi connectivity index (χ0) is 16.9. The normalized spacial score (nSPS) is 31.7. The second-order valence-electron chi connectivity index (χ2n) is 7.91. The molecule has 1 saturated heterocycles. The quantitative estimate of drug-likeness (QED) is 0.833. The first-order valence-electron chi connectivity index (χ1n) is 9.97. The molecule has 0 aromatic carbocycles. The average Bonchev–Trinajstić information content (AvgIpc) is 3.12. The number of hydrogen-bond donors (Lipinski definition) is 2. The van der Waals surface area contributed by atoms with Gasteiger partial charge in [0, 0.05) is 31.6 Å². The monoisotopic (exact) mass is 335 g/mol. The molecule has 1 aliphatic heterocycles. The summed E-state index contributed by atoms with van der Waals surface area (Å²) < 4.78 is 0. The number of amides is 3. The van der Waals surface area contributed by atoms with Crippen molar-refractivity contribution in [2.24, 2.45) is 11.8 Å². The maximum Gasteiger partial charge on any atom is 0.317 e. The van der Waals surface area contributed by atoms with Crippen LogP contribution >= 0.6 is 0 Å². The van der Waals surface area contributed by atoms with Crippen molar-refractivity contribution in [1.82, 2.24) is 15.5 Å². The Bertz CT molecular complexity index is 440. The van der Waals surface area contributed by atoms with E-state index in [2.05, 4.69) is 15.5 Å². The molecule has 2 aliphatic carbocycles. The molecule has 3 rings (SSSR count). The Hall–Kier alpha value is -1.26. The van der Waals surface area contributed by atoms with Crippen LogP contribution in [0.2, 0.25) is 0 Å². The molecule has 3 fully saturated rings. The van der Waals surface area contributed by atoms with Crippen LogP contribution in [-0.2, 0) is 4.79 Å². The van der Waals surface area contributed by atoms with Gasteiger partial charge in [-0.25, -0.2) is 4.79 Å². The molecule has 3 amide bonds. The van der Waals surface area contributed by atoms with Crippen LogP contribution in [0.25, 0.3) is 0 Å². The van der Waals surface area contributed by atoms with E-state index < -0.39 is 0 Å². The van der Waals surface area contributed by atoms with Gasteiger partial charge in [0.2, 0.25) is 5.91 Å². The molecule has 1 heterocycles. The van der Waals surface area contributed by atoms with Gasteiger partial charge in [-0.15, -0.1) is 0 Å². The van der Waals surface area contributed by atoms with Gasteiger partial charge < -0.3 is 15.5 Å². The first-order valence-corrected chi connectivity index (χ1v) is 9.97. The third-order valence-electron chi connectivity index (χ3n) is 6.43. The van der Waals surface area contributed by atoms with Gasteiger partial charge in [0.1, 0.15) is 0 Å². The fourth-order valence-corrected chi connectivity index (χ4v) is 5.02. The van der Waals surface area contributed by atoms with E-state index in [1.165, 1.54) is 38.5 Å². The third-order valence-corrected chi connectivity index (χ3v) is 6.43. The van der Waals surface area contributed by atoms with Crippen molar-refractivity contribution < 1.29 is 9.59 Å². The topological polar surface area (TPSA) is 61.4 Å². The number of nitrogens with zero attached hydrogens (tertiary/aromatic N) is 1. The molecular formula is C19H33N3O2. The molecular weight excluding hydrogens is 302 g/mol. The van der Waals surface area contributed by atoms with Crippen LogP contribution in [0.5, 0.6) is 0 Å². The van der Waals surface area contributed by atoms with Crippen LogP contribution in [0.1, 0.15) is 70.6 Å². The molecule has 2 N–H and O–H groups in total. The fraction of sp³-hybridized carbons (Fsp3) is 0.895. The summed E-state index contributed by atoms with van der Waals surface area (Å²) in [5.74, 6) is 0.998. The largest absolute Gasteiger partial charge is 0.359 e. The van der Waals surface area contributed by atoms with Crippen molar-refractivity contribution in [2.75, 3.05) is 13.6 Å². The van der Waals surface area contributed by atoms with E-state index in [1.807, 2.05) is 0 Å². The maximum absolute atomic E-state index is 12.8. The van der Waals surface area contributed by atoms with E-state index in [1.54, 1.807) is 7.05 Å². The predicted octanol–water partition coefficient (Wildman–Crippen LogP) is 3.05. The van der Waals surface area contributed by atoms with Crippen LogP contribution in [0.4, 0.5) is 4.79 Å². The molecule has 136 valence electrons. The number of nitrogens with one attached hydrogen (secondary N) is 2. The summed E-state index contributed by atoms with van der Waals surface area (Å²) in [5.41, 5.74) is 0. The lowest BCUT2D eigenvalue weighted by Crippen LogP contribution is -2.50. The Morgan fingerprint density at radius 2 is 1.58 bits per heavy atom. The van der Waals surface area contributed by atoms with Crippen molar-refractivity contribution in [3.8, 4) is 0 Å². The fourth-order valence-electron chi connectivity index (χ4n) is 5.02. The minimum Gasteiger partial charge on any atom is -0.359 e. The van der Waals surface area contributed by atoms with Crippen LogP contribution in [0, 0.1) is 11.8 Å². The molecule has 1 atom stereocenters. The van der Waals surface area contributed by atoms with E-state index in [9.17, 15) is 9.59 Å². The van der Waals surface area contributed by atoms with Gasteiger partial charge in [-0.05, 0) is 57.3 Å². The Morgan fingerprint density at radius 1 is 0.875 bits per heavy atom. The summed E-state index contributed by atoms with van der Waals surface area (Å²) in [6.45, 7) is 0.917. The lowest BCUT2D eigenvalue weighted by molar-refractivity contribution is -0.125. The number of urea groups is 1. The molecule has 1 unspecified atom stereocenters. The highest BCUT2D eigenvalue weighted by Gasteiger charge is 2.36. The van der Waals surface area contributed by atoms with Gasteiger partial charge in [-0.3, -0.25) is 4.79 Å². The molecule has 0 aromatic heterocycles. The number of rotatable bonds is 3. The highest BCUT2D eigenvalue weighted by Crippen LogP contribution is 2.34. The van der Waals surface area contributed by atoms with Crippen molar-refractivity contribution in [2.45, 2.75) is 82.7 Å². The highest BCUT2D eigenvalue weighted by atomic mass is 16.2. The maximum atomic E-state index is 12.8. The van der Waals surface area contributed by atoms with Crippen molar-refractivity contribution >= 4 is 11.9 Å². The first-order chi connectivity index (χ1) is 11.7. The Balaban J connectivity index is 1.48. The van der Waals surface area contributed by atoms with Gasteiger partial charge in [0.25, 0.3) is 0 Å². The van der Waals surface area contributed by atoms with E-state index in [0.29, 0.717) is 6.04 Å². The molecule has 24 heavy (non-hydrogen) atoms. The number of carbonyl (C=O) groups is 2. The summed E-state index contributed by atoms with van der Waals surface area (Å²) in [4.78, 5) is 26.6. The minimum absolute atomic E-state index is 0.130. The minimum atomic E-state index is 0.130. The standard InChI is InChI=1S/C19H33N3O2/c1-20-18(23)15-9-11-16(12-10-15)21-19(24)22-13-5-8-17(22)14-6-3-2-4-7-14/h14-17H,2-13H2,1H3,(H,20,23)(H,21,24). The van der Waals surface area contributed by atoms with Gasteiger partial charge >= 0.3 is 6.03 Å². The number of likely N-dealkylation sites (tertiary alicyclic amines) is 1. The predicted molar refractivity (Wildman–Crippen MR) is 94.6 cm³/mol. The van der Waals surface area contributed by atoms with E-state index in [0.717, 1.165) is 44.6 Å². The summed E-state index contributed by atoms with van der Waals surface area (Å²) in [6.07, 6.45) is 12.6. The highest BCUT2D eigenvalue weighted by molar-refractivity contribution is 5.78. The summed E-state index contributed by atoms with van der Waals surface area (Å²) in [6, 6.07) is 0.852. The number of hydrogen-bond acceptors (Lipinski definition) is 2. The Kier molecular flexibility index (Phi) is 6.01. The summed E-state index contributed by atoms with van der Waals surface area (Å²) in [7, 11) is 1.70. The summed E-state index contributed by atoms with van der Waals surface area (Å²) >= 11 is 0. The second kappa shape index (κ2) is 8.21. The molecule has 0 spiro atoms. The van der Waals surface area contributed by atoms with Crippen molar-refractivity contribution in [3.63, 3.8) is 0 Å². The van der Waals surface area contributed by atoms with Gasteiger partial charge in [-0.2, -0.15) is 0 Å². The Labute approximate surface area is 145 Å². The van der Waals surface area contributed by atoms with Gasteiger partial charge in [0.15, 0.2) is 0 Å². The smallest absolute Gasteiger partial charge is 0.317 e. The molecule has 0 aromatic rings. The zero-order valence-corrected chi connectivity index (χ0v) is 15.1. The van der Waals surface area contributed by atoms with Gasteiger partial charge in [0.05, 0.1) is 0 Å². The molecule has 0 radical (unpaired) electrons.